The van der Waals surface area contributed by atoms with Crippen molar-refractivity contribution in [3.05, 3.63) is 53.3 Å². The van der Waals surface area contributed by atoms with E-state index >= 15 is 0 Å². The van der Waals surface area contributed by atoms with Crippen LogP contribution in [0.15, 0.2) is 42.6 Å². The van der Waals surface area contributed by atoms with Crippen LogP contribution in [0.25, 0.3) is 10.6 Å². The molecule has 7 nitrogen and oxygen atoms in total. The normalized spacial score (nSPS) is 17.4. The number of benzene rings is 1. The Kier molecular flexibility index (Phi) is 6.15. The van der Waals surface area contributed by atoms with Crippen molar-refractivity contribution >= 4 is 23.0 Å². The van der Waals surface area contributed by atoms with Crippen LogP contribution in [0.4, 0.5) is 11.6 Å². The summed E-state index contributed by atoms with van der Waals surface area (Å²) in [6.45, 7) is 3.57. The summed E-state index contributed by atoms with van der Waals surface area (Å²) in [4.78, 5) is 14.8. The molecule has 2 aromatic heterocycles. The van der Waals surface area contributed by atoms with Crippen LogP contribution in [0.1, 0.15) is 23.5 Å². The van der Waals surface area contributed by atoms with Crippen molar-refractivity contribution in [2.75, 3.05) is 25.2 Å². The largest absolute Gasteiger partial charge is 0.389 e. The predicted molar refractivity (Wildman–Crippen MR) is 114 cm³/mol. The number of aryl methyl sites for hydroxylation is 1. The van der Waals surface area contributed by atoms with Crippen LogP contribution >= 0.6 is 11.3 Å². The van der Waals surface area contributed by atoms with Crippen LogP contribution in [0.3, 0.4) is 0 Å². The van der Waals surface area contributed by atoms with Gasteiger partial charge in [-0.1, -0.05) is 18.2 Å². The van der Waals surface area contributed by atoms with Crippen molar-refractivity contribution in [2.24, 2.45) is 0 Å². The van der Waals surface area contributed by atoms with Crippen LogP contribution in [0.5, 0.6) is 0 Å². The SMILES string of the molecule is COC1CCCN(N(c2ccccc2)c2nccc(-c3sc(CO)nc3C)n2)C1. The topological polar surface area (TPSA) is 74.6 Å². The van der Waals surface area contributed by atoms with Crippen molar-refractivity contribution in [2.45, 2.75) is 32.5 Å². The van der Waals surface area contributed by atoms with Gasteiger partial charge in [-0.15, -0.1) is 11.3 Å². The number of nitrogens with zero attached hydrogens (tertiary/aromatic N) is 5. The van der Waals surface area contributed by atoms with Gasteiger partial charge in [-0.2, -0.15) is 0 Å². The van der Waals surface area contributed by atoms with Crippen molar-refractivity contribution in [1.82, 2.24) is 20.0 Å². The molecule has 1 unspecified atom stereocenters. The number of hydrogen-bond acceptors (Lipinski definition) is 8. The number of aromatic nitrogens is 3. The Labute approximate surface area is 174 Å². The summed E-state index contributed by atoms with van der Waals surface area (Å²) in [5.41, 5.74) is 2.69. The van der Waals surface area contributed by atoms with E-state index in [0.717, 1.165) is 47.9 Å². The van der Waals surface area contributed by atoms with Gasteiger partial charge in [0.25, 0.3) is 0 Å². The molecule has 8 heteroatoms. The van der Waals surface area contributed by atoms with E-state index in [2.05, 4.69) is 32.1 Å². The monoisotopic (exact) mass is 411 g/mol. The molecule has 1 fully saturated rings. The molecule has 1 aromatic carbocycles. The van der Waals surface area contributed by atoms with Crippen LogP contribution in [0.2, 0.25) is 0 Å². The quantitative estimate of drug-likeness (QED) is 0.665. The molecule has 0 aliphatic carbocycles. The Balaban J connectivity index is 1.74. The molecule has 1 N–H and O–H groups in total. The minimum absolute atomic E-state index is 0.0637. The molecule has 1 aliphatic heterocycles. The molecule has 29 heavy (non-hydrogen) atoms. The molecule has 1 aliphatic rings. The lowest BCUT2D eigenvalue weighted by atomic mass is 10.1. The molecule has 3 heterocycles. The van der Waals surface area contributed by atoms with Crippen molar-refractivity contribution in [1.29, 1.82) is 0 Å². The third-order valence-corrected chi connectivity index (χ3v) is 6.18. The first kappa shape index (κ1) is 19.9. The molecule has 0 spiro atoms. The average Bonchev–Trinajstić information content (AvgIpc) is 3.16. The number of methoxy groups -OCH3 is 1. The lowest BCUT2D eigenvalue weighted by molar-refractivity contribution is 0.0309. The lowest BCUT2D eigenvalue weighted by Crippen LogP contribution is -2.48. The fourth-order valence-electron chi connectivity index (χ4n) is 3.60. The second-order valence-corrected chi connectivity index (χ2v) is 8.07. The van der Waals surface area contributed by atoms with Crippen molar-refractivity contribution in [3.8, 4) is 10.6 Å². The van der Waals surface area contributed by atoms with E-state index in [-0.39, 0.29) is 12.7 Å². The number of aliphatic hydroxyl groups excluding tert-OH is 1. The van der Waals surface area contributed by atoms with Crippen molar-refractivity contribution < 1.29 is 9.84 Å². The summed E-state index contributed by atoms with van der Waals surface area (Å²) in [7, 11) is 1.77. The third kappa shape index (κ3) is 4.30. The van der Waals surface area contributed by atoms with E-state index in [9.17, 15) is 5.11 Å². The van der Waals surface area contributed by atoms with Gasteiger partial charge in [-0.3, -0.25) is 0 Å². The highest BCUT2D eigenvalue weighted by Crippen LogP contribution is 2.32. The number of rotatable bonds is 6. The molecule has 1 saturated heterocycles. The highest BCUT2D eigenvalue weighted by Gasteiger charge is 2.27. The summed E-state index contributed by atoms with van der Waals surface area (Å²) in [5.74, 6) is 0.615. The van der Waals surface area contributed by atoms with Crippen LogP contribution in [-0.4, -0.2) is 51.4 Å². The number of hydrogen-bond donors (Lipinski definition) is 1. The number of thiazole rings is 1. The van der Waals surface area contributed by atoms with E-state index in [4.69, 9.17) is 9.72 Å². The van der Waals surface area contributed by atoms with E-state index < -0.39 is 0 Å². The number of aliphatic hydroxyl groups is 1. The maximum Gasteiger partial charge on any atom is 0.245 e. The minimum atomic E-state index is -0.0637. The fourth-order valence-corrected chi connectivity index (χ4v) is 4.50. The van der Waals surface area contributed by atoms with Gasteiger partial charge in [0.2, 0.25) is 5.95 Å². The molecule has 4 rings (SSSR count). The first-order chi connectivity index (χ1) is 14.2. The molecular weight excluding hydrogens is 386 g/mol. The van der Waals surface area contributed by atoms with Gasteiger partial charge in [-0.25, -0.2) is 25.0 Å². The molecule has 3 aromatic rings. The van der Waals surface area contributed by atoms with Crippen LogP contribution in [-0.2, 0) is 11.3 Å². The molecule has 0 saturated carbocycles. The zero-order valence-electron chi connectivity index (χ0n) is 16.7. The summed E-state index contributed by atoms with van der Waals surface area (Å²) in [5, 5.41) is 14.4. The third-order valence-electron chi connectivity index (χ3n) is 5.01. The van der Waals surface area contributed by atoms with Crippen LogP contribution < -0.4 is 5.01 Å². The van der Waals surface area contributed by atoms with E-state index in [1.165, 1.54) is 11.3 Å². The van der Waals surface area contributed by atoms with Gasteiger partial charge in [0, 0.05) is 26.4 Å². The maximum atomic E-state index is 9.42. The summed E-state index contributed by atoms with van der Waals surface area (Å²) < 4.78 is 5.63. The lowest BCUT2D eigenvalue weighted by Gasteiger charge is -2.39. The number of hydrazine groups is 1. The Hall–Kier alpha value is -2.39. The Morgan fingerprint density at radius 1 is 1.24 bits per heavy atom. The van der Waals surface area contributed by atoms with Crippen molar-refractivity contribution in [3.63, 3.8) is 0 Å². The highest BCUT2D eigenvalue weighted by atomic mass is 32.1. The highest BCUT2D eigenvalue weighted by molar-refractivity contribution is 7.15. The minimum Gasteiger partial charge on any atom is -0.389 e. The Morgan fingerprint density at radius 3 is 2.79 bits per heavy atom. The molecule has 0 radical (unpaired) electrons. The van der Waals surface area contributed by atoms with E-state index in [0.29, 0.717) is 11.0 Å². The number of para-hydroxylation sites is 1. The van der Waals surface area contributed by atoms with E-state index in [1.807, 2.05) is 31.2 Å². The smallest absolute Gasteiger partial charge is 0.245 e. The predicted octanol–water partition coefficient (Wildman–Crippen LogP) is 3.56. The summed E-state index contributed by atoms with van der Waals surface area (Å²) in [6.07, 6.45) is 4.08. The Bertz CT molecular complexity index is 949. The zero-order valence-corrected chi connectivity index (χ0v) is 17.5. The zero-order chi connectivity index (χ0) is 20.2. The second-order valence-electron chi connectivity index (χ2n) is 6.98. The maximum absolute atomic E-state index is 9.42. The van der Waals surface area contributed by atoms with Gasteiger partial charge in [0.15, 0.2) is 0 Å². The standard InChI is InChI=1S/C21H25N5O2S/c1-15-20(29-19(14-27)23-15)18-10-11-22-21(24-18)26(16-7-4-3-5-8-16)25-12-6-9-17(13-25)28-2/h3-5,7-8,10-11,17,27H,6,9,12-14H2,1-2H3. The first-order valence-electron chi connectivity index (χ1n) is 9.73. The number of anilines is 2. The van der Waals surface area contributed by atoms with Gasteiger partial charge in [-0.05, 0) is 38.0 Å². The van der Waals surface area contributed by atoms with Gasteiger partial charge < -0.3 is 9.84 Å². The average molecular weight is 412 g/mol. The molecular formula is C21H25N5O2S. The fraction of sp³-hybridized carbons (Fsp3) is 0.381. The Morgan fingerprint density at radius 2 is 2.07 bits per heavy atom. The summed E-state index contributed by atoms with van der Waals surface area (Å²) >= 11 is 1.46. The van der Waals surface area contributed by atoms with Gasteiger partial charge in [0.05, 0.1) is 34.7 Å². The number of piperidine rings is 1. The first-order valence-corrected chi connectivity index (χ1v) is 10.5. The molecule has 1 atom stereocenters. The second kappa shape index (κ2) is 8.96. The van der Waals surface area contributed by atoms with E-state index in [1.54, 1.807) is 13.3 Å². The van der Waals surface area contributed by atoms with Gasteiger partial charge in [0.1, 0.15) is 5.01 Å². The molecule has 0 bridgehead atoms. The summed E-state index contributed by atoms with van der Waals surface area (Å²) in [6, 6.07) is 12.1. The van der Waals surface area contributed by atoms with Gasteiger partial charge >= 0.3 is 0 Å². The van der Waals surface area contributed by atoms with Crippen LogP contribution in [0, 0.1) is 6.92 Å². The molecule has 152 valence electrons. The molecule has 0 amide bonds. The number of ether oxygens (including phenoxy) is 1.